The minimum absolute atomic E-state index is 0.0682. The smallest absolute Gasteiger partial charge is 0.339 e. The Morgan fingerprint density at radius 3 is 2.47 bits per heavy atom. The summed E-state index contributed by atoms with van der Waals surface area (Å²) in [6, 6.07) is 16.0. The van der Waals surface area contributed by atoms with Crippen LogP contribution >= 0.6 is 0 Å². The Hall–Kier alpha value is -3.27. The lowest BCUT2D eigenvalue weighted by Gasteiger charge is -2.42. The van der Waals surface area contributed by atoms with Gasteiger partial charge >= 0.3 is 10.1 Å². The summed E-state index contributed by atoms with van der Waals surface area (Å²) < 4.78 is 48.6. The van der Waals surface area contributed by atoms with Gasteiger partial charge in [-0.2, -0.15) is 8.42 Å². The molecule has 0 amide bonds. The number of aliphatic hydroxyl groups excluding tert-OH is 1. The Kier molecular flexibility index (Phi) is 6.79. The number of rotatable bonds is 8. The van der Waals surface area contributed by atoms with E-state index in [1.165, 1.54) is 24.8 Å². The number of ether oxygens (including phenoxy) is 3. The average molecular weight is 512 g/mol. The van der Waals surface area contributed by atoms with Crippen molar-refractivity contribution >= 4 is 10.1 Å². The van der Waals surface area contributed by atoms with Gasteiger partial charge in [0.1, 0.15) is 11.5 Å². The minimum atomic E-state index is -4.03. The molecule has 190 valence electrons. The molecule has 2 aliphatic heterocycles. The summed E-state index contributed by atoms with van der Waals surface area (Å²) in [6.07, 6.45) is 1.50. The summed E-state index contributed by atoms with van der Waals surface area (Å²) in [5, 5.41) is 9.14. The highest BCUT2D eigenvalue weighted by molar-refractivity contribution is 7.87. The second-order valence-corrected chi connectivity index (χ2v) is 10.3. The molecule has 0 saturated heterocycles. The summed E-state index contributed by atoms with van der Waals surface area (Å²) in [6.45, 7) is 1.46. The molecule has 1 atom stereocenters. The van der Waals surface area contributed by atoms with Gasteiger partial charge in [-0.05, 0) is 59.9 Å². The second-order valence-electron chi connectivity index (χ2n) is 8.80. The molecule has 2 heterocycles. The first kappa shape index (κ1) is 24.4. The zero-order valence-corrected chi connectivity index (χ0v) is 21.1. The quantitative estimate of drug-likeness (QED) is 0.460. The third kappa shape index (κ3) is 4.50. The van der Waals surface area contributed by atoms with E-state index in [-0.39, 0.29) is 29.9 Å². The van der Waals surface area contributed by atoms with Gasteiger partial charge in [-0.1, -0.05) is 24.3 Å². The zero-order valence-electron chi connectivity index (χ0n) is 20.3. The van der Waals surface area contributed by atoms with E-state index in [0.29, 0.717) is 30.2 Å². The van der Waals surface area contributed by atoms with Crippen LogP contribution in [0.4, 0.5) is 0 Å². The van der Waals surface area contributed by atoms with Crippen LogP contribution in [0.1, 0.15) is 28.3 Å². The highest BCUT2D eigenvalue weighted by Crippen LogP contribution is 2.46. The molecule has 1 N–H and O–H groups in total. The van der Waals surface area contributed by atoms with Crippen molar-refractivity contribution in [3.8, 4) is 23.0 Å². The van der Waals surface area contributed by atoms with Crippen molar-refractivity contribution in [3.05, 3.63) is 76.9 Å². The third-order valence-electron chi connectivity index (χ3n) is 6.78. The lowest BCUT2D eigenvalue weighted by Crippen LogP contribution is -2.39. The predicted octanol–water partition coefficient (Wildman–Crippen LogP) is 3.50. The van der Waals surface area contributed by atoms with E-state index in [2.05, 4.69) is 4.90 Å². The van der Waals surface area contributed by atoms with Crippen LogP contribution in [-0.4, -0.2) is 52.4 Å². The molecule has 1 unspecified atom stereocenters. The summed E-state index contributed by atoms with van der Waals surface area (Å²) in [5.41, 5.74) is 4.19. The van der Waals surface area contributed by atoms with Crippen molar-refractivity contribution in [1.29, 1.82) is 0 Å². The first-order valence-corrected chi connectivity index (χ1v) is 13.2. The number of aliphatic hydroxyl groups is 1. The number of fused-ring (bicyclic) bond motifs is 4. The Labute approximate surface area is 211 Å². The normalized spacial score (nSPS) is 16.9. The van der Waals surface area contributed by atoms with E-state index in [1.54, 1.807) is 31.4 Å². The van der Waals surface area contributed by atoms with Crippen LogP contribution in [0.25, 0.3) is 0 Å². The van der Waals surface area contributed by atoms with Crippen LogP contribution in [0.5, 0.6) is 23.0 Å². The largest absolute Gasteiger partial charge is 0.493 e. The molecule has 36 heavy (non-hydrogen) atoms. The van der Waals surface area contributed by atoms with E-state index in [1.807, 2.05) is 18.2 Å². The van der Waals surface area contributed by atoms with Gasteiger partial charge in [0.05, 0.1) is 20.8 Å². The maximum Gasteiger partial charge on any atom is 0.339 e. The van der Waals surface area contributed by atoms with Crippen LogP contribution in [-0.2, 0) is 29.5 Å². The lowest BCUT2D eigenvalue weighted by atomic mass is 9.83. The number of methoxy groups -OCH3 is 2. The summed E-state index contributed by atoms with van der Waals surface area (Å²) >= 11 is 0. The highest BCUT2D eigenvalue weighted by atomic mass is 32.2. The fraction of sp³-hybridized carbons (Fsp3) is 0.333. The van der Waals surface area contributed by atoms with Crippen molar-refractivity contribution in [2.45, 2.75) is 30.3 Å². The van der Waals surface area contributed by atoms with Gasteiger partial charge in [0.2, 0.25) is 0 Å². The molecule has 5 rings (SSSR count). The molecule has 0 aliphatic carbocycles. The van der Waals surface area contributed by atoms with Gasteiger partial charge in [-0.25, -0.2) is 0 Å². The van der Waals surface area contributed by atoms with Crippen molar-refractivity contribution in [2.75, 3.05) is 34.0 Å². The van der Waals surface area contributed by atoms with Gasteiger partial charge in [0.15, 0.2) is 23.0 Å². The van der Waals surface area contributed by atoms with Crippen molar-refractivity contribution in [1.82, 2.24) is 4.90 Å². The molecule has 0 saturated carbocycles. The van der Waals surface area contributed by atoms with Crippen molar-refractivity contribution < 1.29 is 31.9 Å². The Balaban J connectivity index is 1.51. The molecule has 3 aromatic rings. The zero-order chi connectivity index (χ0) is 25.3. The topological polar surface area (TPSA) is 94.5 Å². The van der Waals surface area contributed by atoms with Crippen molar-refractivity contribution in [2.24, 2.45) is 0 Å². The average Bonchev–Trinajstić information content (AvgIpc) is 2.90. The molecule has 3 aromatic carbocycles. The SMILES string of the molecule is COc1cc2c(cc1OCCO)CCN1Cc3c(ccc(OC)c3OS(=O)(=O)c3ccccc3)CC21. The van der Waals surface area contributed by atoms with E-state index >= 15 is 0 Å². The fourth-order valence-electron chi connectivity index (χ4n) is 5.04. The second kappa shape index (κ2) is 10.0. The summed E-state index contributed by atoms with van der Waals surface area (Å²) in [5.74, 6) is 1.88. The molecule has 0 bridgehead atoms. The van der Waals surface area contributed by atoms with E-state index in [4.69, 9.17) is 23.5 Å². The van der Waals surface area contributed by atoms with Gasteiger partial charge in [0.25, 0.3) is 0 Å². The molecule has 8 nitrogen and oxygen atoms in total. The van der Waals surface area contributed by atoms with Crippen LogP contribution in [0.3, 0.4) is 0 Å². The maximum atomic E-state index is 13.0. The van der Waals surface area contributed by atoms with E-state index in [0.717, 1.165) is 29.7 Å². The third-order valence-corrected chi connectivity index (χ3v) is 8.02. The van der Waals surface area contributed by atoms with Crippen LogP contribution < -0.4 is 18.4 Å². The molecular formula is C27H29NO7S. The number of hydrogen-bond acceptors (Lipinski definition) is 8. The Bertz CT molecular complexity index is 1360. The van der Waals surface area contributed by atoms with Gasteiger partial charge in [-0.3, -0.25) is 4.90 Å². The van der Waals surface area contributed by atoms with Crippen molar-refractivity contribution in [3.63, 3.8) is 0 Å². The first-order chi connectivity index (χ1) is 17.4. The molecule has 0 fully saturated rings. The summed E-state index contributed by atoms with van der Waals surface area (Å²) in [4.78, 5) is 2.43. The van der Waals surface area contributed by atoms with Crippen LogP contribution in [0, 0.1) is 0 Å². The standard InChI is InChI=1S/C27H29NO7S/c1-32-24-9-8-18-14-23-21-16-25(33-2)26(34-13-12-29)15-19(21)10-11-28(23)17-22(18)27(24)35-36(30,31)20-6-4-3-5-7-20/h3-9,15-16,23,29H,10-14,17H2,1-2H3. The van der Waals surface area contributed by atoms with Gasteiger partial charge < -0.3 is 23.5 Å². The lowest BCUT2D eigenvalue weighted by molar-refractivity contribution is 0.157. The molecule has 0 radical (unpaired) electrons. The Morgan fingerprint density at radius 1 is 0.972 bits per heavy atom. The minimum Gasteiger partial charge on any atom is -0.493 e. The number of nitrogens with zero attached hydrogens (tertiary/aromatic N) is 1. The van der Waals surface area contributed by atoms with Gasteiger partial charge in [0, 0.05) is 24.7 Å². The maximum absolute atomic E-state index is 13.0. The summed E-state index contributed by atoms with van der Waals surface area (Å²) in [7, 11) is -0.912. The number of benzene rings is 3. The van der Waals surface area contributed by atoms with E-state index in [9.17, 15) is 8.42 Å². The molecule has 9 heteroatoms. The highest BCUT2D eigenvalue weighted by Gasteiger charge is 2.36. The van der Waals surface area contributed by atoms with Crippen LogP contribution in [0.2, 0.25) is 0 Å². The number of hydrogen-bond donors (Lipinski definition) is 1. The van der Waals surface area contributed by atoms with Crippen LogP contribution in [0.15, 0.2) is 59.5 Å². The molecule has 2 aliphatic rings. The monoisotopic (exact) mass is 511 g/mol. The van der Waals surface area contributed by atoms with E-state index < -0.39 is 10.1 Å². The first-order valence-electron chi connectivity index (χ1n) is 11.8. The molecule has 0 spiro atoms. The molecular weight excluding hydrogens is 482 g/mol. The molecule has 0 aromatic heterocycles. The fourth-order valence-corrected chi connectivity index (χ4v) is 6.03. The van der Waals surface area contributed by atoms with Gasteiger partial charge in [-0.15, -0.1) is 0 Å². The predicted molar refractivity (Wildman–Crippen MR) is 133 cm³/mol. The Morgan fingerprint density at radius 2 is 1.75 bits per heavy atom.